The highest BCUT2D eigenvalue weighted by atomic mass is 79.9. The van der Waals surface area contributed by atoms with Crippen LogP contribution in [0.3, 0.4) is 0 Å². The molecule has 1 rings (SSSR count). The lowest BCUT2D eigenvalue weighted by molar-refractivity contribution is -0.119. The SMILES string of the molecule is Br.Br.Br.O=C1CCCN1.[HH]. The van der Waals surface area contributed by atoms with Crippen LogP contribution in [0.4, 0.5) is 0 Å². The second kappa shape index (κ2) is 8.91. The average molecular weight is 330 g/mol. The maximum absolute atomic E-state index is 10.1. The molecule has 0 bridgehead atoms. The second-order valence-electron chi connectivity index (χ2n) is 1.45. The first-order valence-corrected chi connectivity index (χ1v) is 2.16. The standard InChI is InChI=1S/C4H7NO.3BrH.H2/c6-4-2-1-3-5-4;;;;/h1-3H2,(H,5,6);4*1H. The lowest BCUT2D eigenvalue weighted by Crippen LogP contribution is -2.12. The molecule has 1 amide bonds. The molecule has 0 aromatic rings. The van der Waals surface area contributed by atoms with E-state index in [4.69, 9.17) is 0 Å². The molecule has 1 heterocycles. The van der Waals surface area contributed by atoms with Crippen LogP contribution in [0.15, 0.2) is 0 Å². The molecule has 0 aliphatic carbocycles. The number of halogens is 3. The Bertz CT molecular complexity index is 74.9. The Balaban J connectivity index is -0.0000000450. The zero-order chi connectivity index (χ0) is 4.41. The molecule has 5 heteroatoms. The molecule has 1 saturated heterocycles. The van der Waals surface area contributed by atoms with Gasteiger partial charge in [0.2, 0.25) is 5.91 Å². The number of hydrogen-bond donors (Lipinski definition) is 1. The van der Waals surface area contributed by atoms with Gasteiger partial charge in [-0.3, -0.25) is 4.79 Å². The van der Waals surface area contributed by atoms with Gasteiger partial charge in [-0.1, -0.05) is 0 Å². The lowest BCUT2D eigenvalue weighted by atomic mass is 10.4. The van der Waals surface area contributed by atoms with Gasteiger partial charge in [-0.2, -0.15) is 0 Å². The molecule has 0 aromatic heterocycles. The minimum atomic E-state index is 0. The molecule has 0 radical (unpaired) electrons. The molecule has 0 spiro atoms. The predicted molar refractivity (Wildman–Crippen MR) is 55.3 cm³/mol. The van der Waals surface area contributed by atoms with Gasteiger partial charge in [0.25, 0.3) is 0 Å². The first-order valence-electron chi connectivity index (χ1n) is 2.16. The molecule has 1 fully saturated rings. The summed E-state index contributed by atoms with van der Waals surface area (Å²) in [4.78, 5) is 10.1. The molecular formula is C4H12Br3NO. The van der Waals surface area contributed by atoms with E-state index in [0.29, 0.717) is 0 Å². The van der Waals surface area contributed by atoms with Crippen LogP contribution in [0.2, 0.25) is 0 Å². The zero-order valence-electron chi connectivity index (χ0n) is 4.75. The molecule has 0 saturated carbocycles. The molecule has 0 unspecified atom stereocenters. The Morgan fingerprint density at radius 1 is 1.33 bits per heavy atom. The molecule has 2 nitrogen and oxygen atoms in total. The number of nitrogens with one attached hydrogen (secondary N) is 1. The topological polar surface area (TPSA) is 29.1 Å². The molecule has 9 heavy (non-hydrogen) atoms. The quantitative estimate of drug-likeness (QED) is 0.722. The van der Waals surface area contributed by atoms with Crippen molar-refractivity contribution in [1.82, 2.24) is 5.32 Å². The van der Waals surface area contributed by atoms with Gasteiger partial charge in [0.1, 0.15) is 0 Å². The molecular weight excluding hydrogens is 318 g/mol. The number of rotatable bonds is 0. The van der Waals surface area contributed by atoms with Crippen molar-refractivity contribution in [3.63, 3.8) is 0 Å². The van der Waals surface area contributed by atoms with E-state index in [1.807, 2.05) is 0 Å². The molecule has 1 aliphatic rings. The van der Waals surface area contributed by atoms with Crippen LogP contribution >= 0.6 is 50.9 Å². The van der Waals surface area contributed by atoms with Gasteiger partial charge in [-0.15, -0.1) is 50.9 Å². The van der Waals surface area contributed by atoms with E-state index in [1.54, 1.807) is 0 Å². The lowest BCUT2D eigenvalue weighted by Gasteiger charge is -1.80. The molecule has 60 valence electrons. The van der Waals surface area contributed by atoms with Crippen molar-refractivity contribution in [3.8, 4) is 0 Å². The van der Waals surface area contributed by atoms with Crippen LogP contribution < -0.4 is 5.32 Å². The maximum Gasteiger partial charge on any atom is 0.220 e. The summed E-state index contributed by atoms with van der Waals surface area (Å²) in [5.74, 6) is 0.204. The van der Waals surface area contributed by atoms with Crippen molar-refractivity contribution < 1.29 is 6.22 Å². The summed E-state index contributed by atoms with van der Waals surface area (Å²) in [7, 11) is 0. The monoisotopic (exact) mass is 327 g/mol. The third kappa shape index (κ3) is 6.80. The summed E-state index contributed by atoms with van der Waals surface area (Å²) in [5.41, 5.74) is 0. The minimum absolute atomic E-state index is 0. The molecule has 0 aromatic carbocycles. The summed E-state index contributed by atoms with van der Waals surface area (Å²) >= 11 is 0. The van der Waals surface area contributed by atoms with Crippen molar-refractivity contribution in [3.05, 3.63) is 0 Å². The fourth-order valence-corrected chi connectivity index (χ4v) is 0.565. The van der Waals surface area contributed by atoms with Gasteiger partial charge in [0, 0.05) is 14.4 Å². The highest BCUT2D eigenvalue weighted by Crippen LogP contribution is 1.93. The molecule has 0 atom stereocenters. The zero-order valence-corrected chi connectivity index (χ0v) is 9.89. The van der Waals surface area contributed by atoms with Gasteiger partial charge < -0.3 is 5.32 Å². The van der Waals surface area contributed by atoms with E-state index in [2.05, 4.69) is 5.32 Å². The Hall–Kier alpha value is 0.910. The van der Waals surface area contributed by atoms with E-state index < -0.39 is 0 Å². The predicted octanol–water partition coefficient (Wildman–Crippen LogP) is 1.88. The Labute approximate surface area is 87.6 Å². The number of carbonyl (C=O) groups excluding carboxylic acids is 1. The van der Waals surface area contributed by atoms with Gasteiger partial charge >= 0.3 is 0 Å². The van der Waals surface area contributed by atoms with Crippen LogP contribution in [0.1, 0.15) is 14.3 Å². The van der Waals surface area contributed by atoms with Crippen LogP contribution in [0.25, 0.3) is 0 Å². The summed E-state index contributed by atoms with van der Waals surface area (Å²) in [6, 6.07) is 0. The van der Waals surface area contributed by atoms with Crippen LogP contribution in [-0.4, -0.2) is 12.5 Å². The first-order chi connectivity index (χ1) is 2.89. The van der Waals surface area contributed by atoms with Gasteiger partial charge in [-0.05, 0) is 6.42 Å². The second-order valence-corrected chi connectivity index (χ2v) is 1.45. The Morgan fingerprint density at radius 2 is 1.89 bits per heavy atom. The van der Waals surface area contributed by atoms with E-state index in [0.717, 1.165) is 19.4 Å². The summed E-state index contributed by atoms with van der Waals surface area (Å²) < 4.78 is 0. The number of amides is 1. The Kier molecular flexibility index (Phi) is 16.3. The van der Waals surface area contributed by atoms with Crippen molar-refractivity contribution in [2.45, 2.75) is 12.8 Å². The largest absolute Gasteiger partial charge is 0.356 e. The van der Waals surface area contributed by atoms with Crippen molar-refractivity contribution in [1.29, 1.82) is 0 Å². The highest BCUT2D eigenvalue weighted by molar-refractivity contribution is 8.93. The summed E-state index contributed by atoms with van der Waals surface area (Å²) in [6.07, 6.45) is 1.76. The summed E-state index contributed by atoms with van der Waals surface area (Å²) in [5, 5.41) is 2.68. The normalized spacial score (nSPS) is 14.0. The third-order valence-electron chi connectivity index (χ3n) is 0.903. The van der Waals surface area contributed by atoms with Gasteiger partial charge in [-0.25, -0.2) is 0 Å². The van der Waals surface area contributed by atoms with E-state index >= 15 is 0 Å². The highest BCUT2D eigenvalue weighted by Gasteiger charge is 2.05. The van der Waals surface area contributed by atoms with Crippen LogP contribution in [-0.2, 0) is 4.79 Å². The third-order valence-corrected chi connectivity index (χ3v) is 0.903. The smallest absolute Gasteiger partial charge is 0.220 e. The molecule has 1 aliphatic heterocycles. The van der Waals surface area contributed by atoms with Gasteiger partial charge in [0.05, 0.1) is 0 Å². The Morgan fingerprint density at radius 3 is 2.00 bits per heavy atom. The van der Waals surface area contributed by atoms with Gasteiger partial charge in [0.15, 0.2) is 0 Å². The number of hydrogen-bond acceptors (Lipinski definition) is 1. The van der Waals surface area contributed by atoms with Crippen LogP contribution in [0, 0.1) is 0 Å². The number of carbonyl (C=O) groups is 1. The first kappa shape index (κ1) is 16.5. The van der Waals surface area contributed by atoms with Crippen LogP contribution in [0.5, 0.6) is 0 Å². The maximum atomic E-state index is 10.1. The fourth-order valence-electron chi connectivity index (χ4n) is 0.565. The van der Waals surface area contributed by atoms with E-state index in [-0.39, 0.29) is 58.3 Å². The fraction of sp³-hybridized carbons (Fsp3) is 0.750. The van der Waals surface area contributed by atoms with Crippen molar-refractivity contribution in [2.75, 3.05) is 6.54 Å². The van der Waals surface area contributed by atoms with E-state index in [1.165, 1.54) is 0 Å². The summed E-state index contributed by atoms with van der Waals surface area (Å²) in [6.45, 7) is 0.888. The van der Waals surface area contributed by atoms with Crippen molar-refractivity contribution >= 4 is 56.9 Å². The average Bonchev–Trinajstić information content (AvgIpc) is 1.86. The van der Waals surface area contributed by atoms with E-state index in [9.17, 15) is 4.79 Å². The van der Waals surface area contributed by atoms with Crippen molar-refractivity contribution in [2.24, 2.45) is 0 Å². The minimum Gasteiger partial charge on any atom is -0.356 e. The molecule has 1 N–H and O–H groups in total.